The third-order valence-electron chi connectivity index (χ3n) is 2.30. The molecule has 0 atom stereocenters. The predicted octanol–water partition coefficient (Wildman–Crippen LogP) is 1.47. The minimum absolute atomic E-state index is 0.109. The largest absolute Gasteiger partial charge is 0.371 e. The van der Waals surface area contributed by atoms with Crippen molar-refractivity contribution in [1.82, 2.24) is 10.2 Å². The molecule has 0 bridgehead atoms. The quantitative estimate of drug-likeness (QED) is 0.819. The minimum atomic E-state index is -0.153. The predicted molar refractivity (Wildman–Crippen MR) is 61.5 cm³/mol. The Morgan fingerprint density at radius 1 is 1.56 bits per heavy atom. The molecule has 1 amide bonds. The van der Waals surface area contributed by atoms with Crippen molar-refractivity contribution in [2.24, 2.45) is 5.92 Å². The molecule has 0 spiro atoms. The molecule has 0 radical (unpaired) electrons. The van der Waals surface area contributed by atoms with Crippen LogP contribution in [0, 0.1) is 5.92 Å². The smallest absolute Gasteiger partial charge is 0.252 e. The number of aromatic nitrogens is 2. The third-order valence-corrected chi connectivity index (χ3v) is 3.28. The topological polar surface area (TPSA) is 64.1 Å². The zero-order chi connectivity index (χ0) is 11.4. The fourth-order valence-electron chi connectivity index (χ4n) is 1.21. The number of hydrogen-bond donors (Lipinski definition) is 1. The lowest BCUT2D eigenvalue weighted by atomic mass is 10.5. The van der Waals surface area contributed by atoms with Crippen molar-refractivity contribution in [2.75, 3.05) is 18.5 Å². The Kier molecular flexibility index (Phi) is 3.84. The minimum Gasteiger partial charge on any atom is -0.371 e. The molecule has 1 fully saturated rings. The van der Waals surface area contributed by atoms with Crippen molar-refractivity contribution < 1.29 is 9.53 Å². The van der Waals surface area contributed by atoms with Gasteiger partial charge in [0.25, 0.3) is 5.91 Å². The van der Waals surface area contributed by atoms with E-state index in [0.717, 1.165) is 11.4 Å². The molecule has 1 saturated carbocycles. The molecule has 1 aliphatic rings. The highest BCUT2D eigenvalue weighted by atomic mass is 32.1. The number of rotatable bonds is 6. The summed E-state index contributed by atoms with van der Waals surface area (Å²) in [6, 6.07) is 0. The van der Waals surface area contributed by atoms with E-state index in [4.69, 9.17) is 4.74 Å². The molecule has 1 heterocycles. The van der Waals surface area contributed by atoms with E-state index in [1.54, 1.807) is 0 Å². The summed E-state index contributed by atoms with van der Waals surface area (Å²) in [7, 11) is 0. The first kappa shape index (κ1) is 11.5. The molecule has 0 unspecified atom stereocenters. The molecule has 88 valence electrons. The Bertz CT molecular complexity index is 363. The van der Waals surface area contributed by atoms with Gasteiger partial charge in [-0.25, -0.2) is 0 Å². The summed E-state index contributed by atoms with van der Waals surface area (Å²) < 4.78 is 5.27. The maximum absolute atomic E-state index is 11.4. The Morgan fingerprint density at radius 3 is 3.00 bits per heavy atom. The number of carbonyl (C=O) groups excluding carboxylic acids is 1. The van der Waals surface area contributed by atoms with Crippen LogP contribution in [0.4, 0.5) is 5.13 Å². The first-order valence-corrected chi connectivity index (χ1v) is 6.29. The van der Waals surface area contributed by atoms with Gasteiger partial charge in [-0.2, -0.15) is 0 Å². The standard InChI is InChI=1S/C10H15N3O2S/c1-2-9-12-13-10(16-9)11-8(14)6-15-5-7-3-4-7/h7H,2-6H2,1H3,(H,11,13,14). The second-order valence-electron chi connectivity index (χ2n) is 3.86. The SMILES string of the molecule is CCc1nnc(NC(=O)COCC2CC2)s1. The number of nitrogens with zero attached hydrogens (tertiary/aromatic N) is 2. The van der Waals surface area contributed by atoms with Crippen molar-refractivity contribution in [3.8, 4) is 0 Å². The van der Waals surface area contributed by atoms with Gasteiger partial charge >= 0.3 is 0 Å². The lowest BCUT2D eigenvalue weighted by molar-refractivity contribution is -0.120. The molecule has 2 rings (SSSR count). The summed E-state index contributed by atoms with van der Waals surface area (Å²) in [4.78, 5) is 11.4. The van der Waals surface area contributed by atoms with Crippen molar-refractivity contribution in [2.45, 2.75) is 26.2 Å². The van der Waals surface area contributed by atoms with Gasteiger partial charge in [0.15, 0.2) is 0 Å². The van der Waals surface area contributed by atoms with E-state index in [-0.39, 0.29) is 12.5 Å². The van der Waals surface area contributed by atoms with Gasteiger partial charge in [-0.05, 0) is 25.2 Å². The Hall–Kier alpha value is -1.01. The molecule has 1 aromatic rings. The van der Waals surface area contributed by atoms with Gasteiger partial charge in [-0.1, -0.05) is 18.3 Å². The molecule has 1 aromatic heterocycles. The van der Waals surface area contributed by atoms with Crippen LogP contribution in [0.25, 0.3) is 0 Å². The molecule has 6 heteroatoms. The van der Waals surface area contributed by atoms with Gasteiger partial charge < -0.3 is 4.74 Å². The summed E-state index contributed by atoms with van der Waals surface area (Å²) in [5, 5.41) is 11.9. The van der Waals surface area contributed by atoms with E-state index in [9.17, 15) is 4.79 Å². The van der Waals surface area contributed by atoms with Crippen LogP contribution < -0.4 is 5.32 Å². The lowest BCUT2D eigenvalue weighted by Crippen LogP contribution is -2.18. The Balaban J connectivity index is 1.68. The molecule has 0 saturated heterocycles. The summed E-state index contributed by atoms with van der Waals surface area (Å²) in [5.41, 5.74) is 0. The Labute approximate surface area is 98.2 Å². The molecule has 0 aromatic carbocycles. The Morgan fingerprint density at radius 2 is 2.38 bits per heavy atom. The number of anilines is 1. The average Bonchev–Trinajstić information content (AvgIpc) is 2.97. The van der Waals surface area contributed by atoms with Crippen LogP contribution in [-0.4, -0.2) is 29.3 Å². The molecule has 0 aliphatic heterocycles. The van der Waals surface area contributed by atoms with Gasteiger partial charge in [0.05, 0.1) is 6.61 Å². The maximum atomic E-state index is 11.4. The lowest BCUT2D eigenvalue weighted by Gasteiger charge is -2.01. The van der Waals surface area contributed by atoms with E-state index in [1.807, 2.05) is 6.92 Å². The molecule has 16 heavy (non-hydrogen) atoms. The van der Waals surface area contributed by atoms with E-state index >= 15 is 0 Å². The van der Waals surface area contributed by atoms with Crippen molar-refractivity contribution >= 4 is 22.4 Å². The van der Waals surface area contributed by atoms with Crippen LogP contribution in [-0.2, 0) is 16.0 Å². The van der Waals surface area contributed by atoms with Crippen LogP contribution >= 0.6 is 11.3 Å². The number of nitrogens with one attached hydrogen (secondary N) is 1. The summed E-state index contributed by atoms with van der Waals surface area (Å²) in [5.74, 6) is 0.528. The van der Waals surface area contributed by atoms with E-state index in [2.05, 4.69) is 15.5 Å². The fourth-order valence-corrected chi connectivity index (χ4v) is 1.90. The summed E-state index contributed by atoms with van der Waals surface area (Å²) >= 11 is 1.40. The molecule has 1 N–H and O–H groups in total. The highest BCUT2D eigenvalue weighted by molar-refractivity contribution is 7.15. The molecule has 5 nitrogen and oxygen atoms in total. The number of ether oxygens (including phenoxy) is 1. The van der Waals surface area contributed by atoms with Crippen molar-refractivity contribution in [1.29, 1.82) is 0 Å². The van der Waals surface area contributed by atoms with Crippen LogP contribution in [0.5, 0.6) is 0 Å². The summed E-state index contributed by atoms with van der Waals surface area (Å²) in [6.07, 6.45) is 3.31. The highest BCUT2D eigenvalue weighted by Gasteiger charge is 2.21. The van der Waals surface area contributed by atoms with Gasteiger partial charge in [0.2, 0.25) is 5.13 Å². The zero-order valence-electron chi connectivity index (χ0n) is 9.23. The van der Waals surface area contributed by atoms with E-state index < -0.39 is 0 Å². The van der Waals surface area contributed by atoms with E-state index in [0.29, 0.717) is 17.7 Å². The normalized spacial score (nSPS) is 15.1. The second kappa shape index (κ2) is 5.36. The third kappa shape index (κ3) is 3.53. The molecule has 1 aliphatic carbocycles. The second-order valence-corrected chi connectivity index (χ2v) is 4.92. The van der Waals surface area contributed by atoms with Gasteiger partial charge in [-0.3, -0.25) is 10.1 Å². The molecular formula is C10H15N3O2S. The number of hydrogen-bond acceptors (Lipinski definition) is 5. The number of aryl methyl sites for hydroxylation is 1. The van der Waals surface area contributed by atoms with Crippen LogP contribution in [0.2, 0.25) is 0 Å². The maximum Gasteiger partial charge on any atom is 0.252 e. The van der Waals surface area contributed by atoms with Crippen molar-refractivity contribution in [3.05, 3.63) is 5.01 Å². The van der Waals surface area contributed by atoms with Crippen LogP contribution in [0.3, 0.4) is 0 Å². The average molecular weight is 241 g/mol. The number of carbonyl (C=O) groups is 1. The van der Waals surface area contributed by atoms with Gasteiger partial charge in [0, 0.05) is 0 Å². The zero-order valence-corrected chi connectivity index (χ0v) is 10.0. The highest BCUT2D eigenvalue weighted by Crippen LogP contribution is 2.28. The first-order chi connectivity index (χ1) is 7.78. The van der Waals surface area contributed by atoms with Crippen molar-refractivity contribution in [3.63, 3.8) is 0 Å². The number of amides is 1. The van der Waals surface area contributed by atoms with E-state index in [1.165, 1.54) is 24.2 Å². The first-order valence-electron chi connectivity index (χ1n) is 5.48. The molecular weight excluding hydrogens is 226 g/mol. The van der Waals surface area contributed by atoms with Gasteiger partial charge in [-0.15, -0.1) is 10.2 Å². The van der Waals surface area contributed by atoms with Gasteiger partial charge in [0.1, 0.15) is 11.6 Å². The monoisotopic (exact) mass is 241 g/mol. The van der Waals surface area contributed by atoms with Crippen LogP contribution in [0.1, 0.15) is 24.8 Å². The van der Waals surface area contributed by atoms with Crippen LogP contribution in [0.15, 0.2) is 0 Å². The summed E-state index contributed by atoms with van der Waals surface area (Å²) in [6.45, 7) is 2.81. The fraction of sp³-hybridized carbons (Fsp3) is 0.700.